The lowest BCUT2D eigenvalue weighted by Crippen LogP contribution is -1.99. The van der Waals surface area contributed by atoms with E-state index in [4.69, 9.17) is 21.1 Å². The maximum absolute atomic E-state index is 5.91. The van der Waals surface area contributed by atoms with Gasteiger partial charge >= 0.3 is 0 Å². The van der Waals surface area contributed by atoms with Crippen molar-refractivity contribution in [1.29, 1.82) is 0 Å². The minimum Gasteiger partial charge on any atom is -0.494 e. The molecule has 0 aliphatic rings. The number of benzene rings is 2. The predicted molar refractivity (Wildman–Crippen MR) is 94.5 cm³/mol. The number of unbranched alkanes of at least 4 members (excludes halogenated alkanes) is 2. The third-order valence-corrected chi connectivity index (χ3v) is 4.03. The quantitative estimate of drug-likeness (QED) is 0.434. The van der Waals surface area contributed by atoms with Crippen molar-refractivity contribution in [2.24, 2.45) is 0 Å². The highest BCUT2D eigenvalue weighted by Gasteiger charge is 2.06. The molecule has 2 aromatic rings. The van der Waals surface area contributed by atoms with E-state index in [9.17, 15) is 0 Å². The van der Waals surface area contributed by atoms with Crippen molar-refractivity contribution >= 4 is 22.4 Å². The van der Waals surface area contributed by atoms with Gasteiger partial charge < -0.3 is 9.47 Å². The predicted octanol–water partition coefficient (Wildman–Crippen LogP) is 5.72. The summed E-state index contributed by atoms with van der Waals surface area (Å²) >= 11 is 5.67. The van der Waals surface area contributed by atoms with Gasteiger partial charge in [0, 0.05) is 5.88 Å². The fourth-order valence-electron chi connectivity index (χ4n) is 2.47. The Kier molecular flexibility index (Phi) is 6.85. The molecule has 0 aliphatic heterocycles. The summed E-state index contributed by atoms with van der Waals surface area (Å²) in [6, 6.07) is 10.4. The minimum absolute atomic E-state index is 0.630. The van der Waals surface area contributed by atoms with E-state index in [0.29, 0.717) is 12.5 Å². The molecule has 120 valence electrons. The van der Waals surface area contributed by atoms with Gasteiger partial charge in [-0.3, -0.25) is 0 Å². The first kappa shape index (κ1) is 17.0. The van der Waals surface area contributed by atoms with Crippen LogP contribution in [0.4, 0.5) is 0 Å². The van der Waals surface area contributed by atoms with Gasteiger partial charge in [0.1, 0.15) is 11.5 Å². The van der Waals surface area contributed by atoms with Crippen LogP contribution in [0.5, 0.6) is 11.5 Å². The van der Waals surface area contributed by atoms with Crippen molar-refractivity contribution in [3.05, 3.63) is 35.9 Å². The van der Waals surface area contributed by atoms with Gasteiger partial charge in [-0.1, -0.05) is 31.9 Å². The molecule has 2 aromatic carbocycles. The van der Waals surface area contributed by atoms with Crippen molar-refractivity contribution in [2.75, 3.05) is 19.1 Å². The first-order valence-corrected chi connectivity index (χ1v) is 8.64. The first-order chi connectivity index (χ1) is 10.8. The SMILES string of the molecule is CCCCCOc1ccc2cc(OCCCCl)ccc2c1C. The zero-order valence-electron chi connectivity index (χ0n) is 13.5. The van der Waals surface area contributed by atoms with E-state index in [1.807, 2.05) is 6.07 Å². The zero-order valence-corrected chi connectivity index (χ0v) is 14.3. The Morgan fingerprint density at radius 2 is 1.77 bits per heavy atom. The van der Waals surface area contributed by atoms with Crippen LogP contribution >= 0.6 is 11.6 Å². The van der Waals surface area contributed by atoms with Gasteiger partial charge in [-0.25, -0.2) is 0 Å². The van der Waals surface area contributed by atoms with Crippen molar-refractivity contribution < 1.29 is 9.47 Å². The van der Waals surface area contributed by atoms with E-state index >= 15 is 0 Å². The largest absolute Gasteiger partial charge is 0.494 e. The van der Waals surface area contributed by atoms with E-state index in [1.54, 1.807) is 0 Å². The average molecular weight is 321 g/mol. The molecule has 0 saturated carbocycles. The van der Waals surface area contributed by atoms with Crippen LogP contribution in [0.25, 0.3) is 10.8 Å². The molecule has 22 heavy (non-hydrogen) atoms. The molecule has 0 saturated heterocycles. The first-order valence-electron chi connectivity index (χ1n) is 8.11. The molecule has 2 nitrogen and oxygen atoms in total. The number of aryl methyl sites for hydroxylation is 1. The molecule has 0 N–H and O–H groups in total. The van der Waals surface area contributed by atoms with Crippen molar-refractivity contribution in [3.8, 4) is 11.5 Å². The number of ether oxygens (including phenoxy) is 2. The van der Waals surface area contributed by atoms with Gasteiger partial charge in [-0.05, 0) is 54.3 Å². The Labute approximate surface area is 138 Å². The summed E-state index contributed by atoms with van der Waals surface area (Å²) in [6.45, 7) is 5.77. The Balaban J connectivity index is 2.09. The molecular formula is C19H25ClO2. The molecule has 0 bridgehead atoms. The molecule has 2 rings (SSSR count). The molecule has 0 radical (unpaired) electrons. The lowest BCUT2D eigenvalue weighted by Gasteiger charge is -2.12. The Morgan fingerprint density at radius 1 is 0.955 bits per heavy atom. The highest BCUT2D eigenvalue weighted by atomic mass is 35.5. The highest BCUT2D eigenvalue weighted by molar-refractivity contribution is 6.17. The van der Waals surface area contributed by atoms with Crippen molar-refractivity contribution in [2.45, 2.75) is 39.5 Å². The average Bonchev–Trinajstić information content (AvgIpc) is 2.54. The summed E-state index contributed by atoms with van der Waals surface area (Å²) in [5, 5.41) is 2.40. The van der Waals surface area contributed by atoms with Gasteiger partial charge in [-0.15, -0.1) is 11.6 Å². The number of alkyl halides is 1. The summed E-state index contributed by atoms with van der Waals surface area (Å²) in [6.07, 6.45) is 4.41. The van der Waals surface area contributed by atoms with Crippen LogP contribution in [0.1, 0.15) is 38.2 Å². The van der Waals surface area contributed by atoms with Crippen molar-refractivity contribution in [3.63, 3.8) is 0 Å². The summed E-state index contributed by atoms with van der Waals surface area (Å²) in [7, 11) is 0. The summed E-state index contributed by atoms with van der Waals surface area (Å²) in [5.41, 5.74) is 1.20. The van der Waals surface area contributed by atoms with Crippen LogP contribution in [0, 0.1) is 6.92 Å². The standard InChI is InChI=1S/C19H25ClO2/c1-3-4-5-12-22-19-10-7-16-14-17(21-13-6-11-20)8-9-18(16)15(19)2/h7-10,14H,3-6,11-13H2,1-2H3. The Hall–Kier alpha value is -1.41. The fourth-order valence-corrected chi connectivity index (χ4v) is 2.58. The van der Waals surface area contributed by atoms with Gasteiger partial charge in [0.05, 0.1) is 13.2 Å². The summed E-state index contributed by atoms with van der Waals surface area (Å²) in [5.74, 6) is 2.51. The number of hydrogen-bond acceptors (Lipinski definition) is 2. The van der Waals surface area contributed by atoms with Crippen LogP contribution in [0.2, 0.25) is 0 Å². The minimum atomic E-state index is 0.630. The Morgan fingerprint density at radius 3 is 2.55 bits per heavy atom. The molecule has 0 unspecified atom stereocenters. The topological polar surface area (TPSA) is 18.5 Å². The van der Waals surface area contributed by atoms with Crippen LogP contribution in [-0.4, -0.2) is 19.1 Å². The third kappa shape index (κ3) is 4.54. The summed E-state index contributed by atoms with van der Waals surface area (Å²) in [4.78, 5) is 0. The van der Waals surface area contributed by atoms with Gasteiger partial charge in [-0.2, -0.15) is 0 Å². The molecule has 3 heteroatoms. The molecule has 0 aliphatic carbocycles. The molecule has 0 fully saturated rings. The van der Waals surface area contributed by atoms with Gasteiger partial charge in [0.25, 0.3) is 0 Å². The smallest absolute Gasteiger partial charge is 0.122 e. The zero-order chi connectivity index (χ0) is 15.8. The Bertz CT molecular complexity index is 595. The molecule has 0 heterocycles. The van der Waals surface area contributed by atoms with Gasteiger partial charge in [0.15, 0.2) is 0 Å². The van der Waals surface area contributed by atoms with Crippen LogP contribution in [0.3, 0.4) is 0 Å². The number of halogens is 1. The van der Waals surface area contributed by atoms with Crippen LogP contribution in [-0.2, 0) is 0 Å². The monoisotopic (exact) mass is 320 g/mol. The summed E-state index contributed by atoms with van der Waals surface area (Å²) < 4.78 is 11.6. The van der Waals surface area contributed by atoms with E-state index in [1.165, 1.54) is 29.2 Å². The highest BCUT2D eigenvalue weighted by Crippen LogP contribution is 2.30. The van der Waals surface area contributed by atoms with E-state index in [0.717, 1.165) is 30.9 Å². The normalized spacial score (nSPS) is 10.9. The van der Waals surface area contributed by atoms with E-state index in [2.05, 4.69) is 38.1 Å². The van der Waals surface area contributed by atoms with E-state index in [-0.39, 0.29) is 0 Å². The molecule has 0 aromatic heterocycles. The van der Waals surface area contributed by atoms with Gasteiger partial charge in [0.2, 0.25) is 0 Å². The van der Waals surface area contributed by atoms with E-state index < -0.39 is 0 Å². The van der Waals surface area contributed by atoms with Crippen LogP contribution < -0.4 is 9.47 Å². The number of fused-ring (bicyclic) bond motifs is 1. The second-order valence-electron chi connectivity index (χ2n) is 5.52. The second kappa shape index (κ2) is 8.89. The second-order valence-corrected chi connectivity index (χ2v) is 5.90. The fraction of sp³-hybridized carbons (Fsp3) is 0.474. The third-order valence-electron chi connectivity index (χ3n) is 3.76. The molecule has 0 atom stereocenters. The van der Waals surface area contributed by atoms with Crippen molar-refractivity contribution in [1.82, 2.24) is 0 Å². The lowest BCUT2D eigenvalue weighted by molar-refractivity contribution is 0.305. The number of rotatable bonds is 9. The lowest BCUT2D eigenvalue weighted by atomic mass is 10.0. The molecular weight excluding hydrogens is 296 g/mol. The molecule has 0 spiro atoms. The molecule has 0 amide bonds. The maximum Gasteiger partial charge on any atom is 0.122 e. The number of hydrogen-bond donors (Lipinski definition) is 0. The van der Waals surface area contributed by atoms with Crippen LogP contribution in [0.15, 0.2) is 30.3 Å². The maximum atomic E-state index is 5.91.